The van der Waals surface area contributed by atoms with Crippen molar-refractivity contribution in [2.45, 2.75) is 32.7 Å². The van der Waals surface area contributed by atoms with Crippen LogP contribution >= 0.6 is 0 Å². The molecule has 0 fully saturated rings. The number of hydrogen-bond donors (Lipinski definition) is 1. The first-order valence-corrected chi connectivity index (χ1v) is 5.82. The molecule has 0 aliphatic rings. The predicted octanol–water partition coefficient (Wildman–Crippen LogP) is 2.20. The summed E-state index contributed by atoms with van der Waals surface area (Å²) in [7, 11) is 0. The average molecular weight is 231 g/mol. The van der Waals surface area contributed by atoms with Crippen molar-refractivity contribution in [1.82, 2.24) is 10.3 Å². The van der Waals surface area contributed by atoms with Gasteiger partial charge in [-0.1, -0.05) is 13.8 Å². The van der Waals surface area contributed by atoms with Gasteiger partial charge in [-0.15, -0.1) is 0 Å². The minimum Gasteiger partial charge on any atom is -0.336 e. The molecule has 1 rings (SSSR count). The Morgan fingerprint density at radius 3 is 2.47 bits per heavy atom. The molecule has 0 bridgehead atoms. The number of carbonyl (C=O) groups excluding carboxylic acids is 1. The SMILES string of the molecule is CCC(CC)C(=O)NC(C#N)c1ccncc1. The predicted molar refractivity (Wildman–Crippen MR) is 64.8 cm³/mol. The van der Waals surface area contributed by atoms with Gasteiger partial charge in [0.1, 0.15) is 6.04 Å². The Morgan fingerprint density at radius 2 is 2.00 bits per heavy atom. The van der Waals surface area contributed by atoms with Crippen LogP contribution in [0.4, 0.5) is 0 Å². The zero-order valence-corrected chi connectivity index (χ0v) is 10.2. The molecule has 0 aliphatic heterocycles. The summed E-state index contributed by atoms with van der Waals surface area (Å²) in [6.07, 6.45) is 4.81. The summed E-state index contributed by atoms with van der Waals surface area (Å²) in [6, 6.07) is 4.98. The van der Waals surface area contributed by atoms with Crippen molar-refractivity contribution in [2.75, 3.05) is 0 Å². The summed E-state index contributed by atoms with van der Waals surface area (Å²) in [5.74, 6) is -0.0777. The van der Waals surface area contributed by atoms with Gasteiger partial charge in [0.15, 0.2) is 0 Å². The summed E-state index contributed by atoms with van der Waals surface area (Å²) in [4.78, 5) is 15.8. The van der Waals surface area contributed by atoms with Gasteiger partial charge in [-0.05, 0) is 30.5 Å². The van der Waals surface area contributed by atoms with Crippen molar-refractivity contribution in [3.8, 4) is 6.07 Å². The van der Waals surface area contributed by atoms with Crippen LogP contribution in [-0.4, -0.2) is 10.9 Å². The smallest absolute Gasteiger partial charge is 0.224 e. The molecule has 4 heteroatoms. The van der Waals surface area contributed by atoms with Crippen molar-refractivity contribution < 1.29 is 4.79 Å². The number of nitrogens with one attached hydrogen (secondary N) is 1. The summed E-state index contributed by atoms with van der Waals surface area (Å²) in [5, 5.41) is 11.8. The second-order valence-electron chi connectivity index (χ2n) is 3.86. The number of nitrogens with zero attached hydrogens (tertiary/aromatic N) is 2. The highest BCUT2D eigenvalue weighted by Crippen LogP contribution is 2.14. The number of carbonyl (C=O) groups is 1. The van der Waals surface area contributed by atoms with Gasteiger partial charge in [0, 0.05) is 18.3 Å². The maximum atomic E-state index is 11.9. The molecule has 90 valence electrons. The lowest BCUT2D eigenvalue weighted by Gasteiger charge is -2.16. The topological polar surface area (TPSA) is 65.8 Å². The van der Waals surface area contributed by atoms with Gasteiger partial charge in [0.05, 0.1) is 6.07 Å². The van der Waals surface area contributed by atoms with E-state index in [9.17, 15) is 4.79 Å². The molecule has 1 aromatic rings. The van der Waals surface area contributed by atoms with Crippen LogP contribution in [0.15, 0.2) is 24.5 Å². The fraction of sp³-hybridized carbons (Fsp3) is 0.462. The van der Waals surface area contributed by atoms with Crippen LogP contribution in [0.5, 0.6) is 0 Å². The van der Waals surface area contributed by atoms with E-state index in [2.05, 4.69) is 16.4 Å². The molecule has 0 aromatic carbocycles. The van der Waals surface area contributed by atoms with Gasteiger partial charge >= 0.3 is 0 Å². The van der Waals surface area contributed by atoms with Gasteiger partial charge in [0.25, 0.3) is 0 Å². The molecule has 0 saturated carbocycles. The van der Waals surface area contributed by atoms with Crippen LogP contribution < -0.4 is 5.32 Å². The third kappa shape index (κ3) is 3.56. The first kappa shape index (κ1) is 13.2. The molecule has 0 aliphatic carbocycles. The third-order valence-electron chi connectivity index (χ3n) is 2.81. The van der Waals surface area contributed by atoms with E-state index >= 15 is 0 Å². The van der Waals surface area contributed by atoms with Gasteiger partial charge in [-0.2, -0.15) is 5.26 Å². The number of nitriles is 1. The lowest BCUT2D eigenvalue weighted by Crippen LogP contribution is -2.33. The Bertz CT molecular complexity index is 393. The van der Waals surface area contributed by atoms with E-state index in [4.69, 9.17) is 5.26 Å². The Morgan fingerprint density at radius 1 is 1.41 bits per heavy atom. The molecule has 1 unspecified atom stereocenters. The fourth-order valence-electron chi connectivity index (χ4n) is 1.67. The largest absolute Gasteiger partial charge is 0.336 e. The first-order valence-electron chi connectivity index (χ1n) is 5.82. The van der Waals surface area contributed by atoms with Gasteiger partial charge in [-0.25, -0.2) is 0 Å². The maximum absolute atomic E-state index is 11.9. The molecule has 0 saturated heterocycles. The van der Waals surface area contributed by atoms with Gasteiger partial charge < -0.3 is 5.32 Å². The zero-order valence-electron chi connectivity index (χ0n) is 10.2. The second kappa shape index (κ2) is 6.64. The van der Waals surface area contributed by atoms with Crippen molar-refractivity contribution in [1.29, 1.82) is 5.26 Å². The summed E-state index contributed by atoms with van der Waals surface area (Å²) in [6.45, 7) is 3.95. The number of hydrogen-bond acceptors (Lipinski definition) is 3. The first-order chi connectivity index (χ1) is 8.22. The van der Waals surface area contributed by atoms with Crippen molar-refractivity contribution in [3.63, 3.8) is 0 Å². The van der Waals surface area contributed by atoms with E-state index < -0.39 is 6.04 Å². The second-order valence-corrected chi connectivity index (χ2v) is 3.86. The number of pyridine rings is 1. The fourth-order valence-corrected chi connectivity index (χ4v) is 1.67. The van der Waals surface area contributed by atoms with Crippen LogP contribution in [0.25, 0.3) is 0 Å². The van der Waals surface area contributed by atoms with Gasteiger partial charge in [-0.3, -0.25) is 9.78 Å². The Balaban J connectivity index is 2.72. The summed E-state index contributed by atoms with van der Waals surface area (Å²) < 4.78 is 0. The van der Waals surface area contributed by atoms with E-state index in [-0.39, 0.29) is 11.8 Å². The number of aromatic nitrogens is 1. The van der Waals surface area contributed by atoms with E-state index in [1.165, 1.54) is 0 Å². The van der Waals surface area contributed by atoms with Crippen molar-refractivity contribution in [2.24, 2.45) is 5.92 Å². The maximum Gasteiger partial charge on any atom is 0.224 e. The van der Waals surface area contributed by atoms with Crippen LogP contribution in [0, 0.1) is 17.2 Å². The highest BCUT2D eigenvalue weighted by atomic mass is 16.1. The Kier molecular flexibility index (Phi) is 5.15. The van der Waals surface area contributed by atoms with Crippen molar-refractivity contribution >= 4 is 5.91 Å². The molecular formula is C13H17N3O. The van der Waals surface area contributed by atoms with Crippen molar-refractivity contribution in [3.05, 3.63) is 30.1 Å². The van der Waals surface area contributed by atoms with E-state index in [1.807, 2.05) is 13.8 Å². The minimum absolute atomic E-state index is 0.0207. The van der Waals surface area contributed by atoms with Crippen LogP contribution in [0.2, 0.25) is 0 Å². The van der Waals surface area contributed by atoms with Crippen LogP contribution in [0.1, 0.15) is 38.3 Å². The Labute approximate surface area is 102 Å². The molecule has 0 radical (unpaired) electrons. The Hall–Kier alpha value is -1.89. The molecule has 17 heavy (non-hydrogen) atoms. The lowest BCUT2D eigenvalue weighted by atomic mass is 10.0. The number of rotatable bonds is 5. The van der Waals surface area contributed by atoms with Crippen LogP contribution in [0.3, 0.4) is 0 Å². The molecule has 4 nitrogen and oxygen atoms in total. The molecular weight excluding hydrogens is 214 g/mol. The highest BCUT2D eigenvalue weighted by molar-refractivity contribution is 5.79. The highest BCUT2D eigenvalue weighted by Gasteiger charge is 2.19. The van der Waals surface area contributed by atoms with Crippen LogP contribution in [-0.2, 0) is 4.79 Å². The number of amides is 1. The summed E-state index contributed by atoms with van der Waals surface area (Å²) in [5.41, 5.74) is 0.766. The van der Waals surface area contributed by atoms with E-state index in [0.29, 0.717) is 0 Å². The third-order valence-corrected chi connectivity index (χ3v) is 2.81. The molecule has 1 heterocycles. The monoisotopic (exact) mass is 231 g/mol. The standard InChI is InChI=1S/C13H17N3O/c1-3-10(4-2)13(17)16-12(9-14)11-5-7-15-8-6-11/h5-8,10,12H,3-4H2,1-2H3,(H,16,17). The zero-order chi connectivity index (χ0) is 12.7. The normalized spacial score (nSPS) is 11.9. The molecule has 1 amide bonds. The van der Waals surface area contributed by atoms with E-state index in [1.54, 1.807) is 24.5 Å². The molecule has 1 aromatic heterocycles. The molecule has 1 N–H and O–H groups in total. The minimum atomic E-state index is -0.592. The average Bonchev–Trinajstić information content (AvgIpc) is 2.38. The molecule has 1 atom stereocenters. The molecule has 0 spiro atoms. The van der Waals surface area contributed by atoms with Gasteiger partial charge in [0.2, 0.25) is 5.91 Å². The van der Waals surface area contributed by atoms with E-state index in [0.717, 1.165) is 18.4 Å². The lowest BCUT2D eigenvalue weighted by molar-refractivity contribution is -0.125. The quantitative estimate of drug-likeness (QED) is 0.844. The summed E-state index contributed by atoms with van der Waals surface area (Å²) >= 11 is 0.